The third-order valence-electron chi connectivity index (χ3n) is 3.74. The molecule has 112 valence electrons. The molecule has 1 aliphatic heterocycles. The summed E-state index contributed by atoms with van der Waals surface area (Å²) < 4.78 is 0. The number of hydrogen-bond acceptors (Lipinski definition) is 5. The third-order valence-corrected chi connectivity index (χ3v) is 4.86. The zero-order chi connectivity index (χ0) is 15.6. The van der Waals surface area contributed by atoms with E-state index in [4.69, 9.17) is 10.4 Å². The van der Waals surface area contributed by atoms with Crippen molar-refractivity contribution in [1.82, 2.24) is 4.90 Å². The highest BCUT2D eigenvalue weighted by Crippen LogP contribution is 2.31. The van der Waals surface area contributed by atoms with Gasteiger partial charge in [-0.15, -0.1) is 11.3 Å². The van der Waals surface area contributed by atoms with Gasteiger partial charge in [0.05, 0.1) is 18.0 Å². The second-order valence-electron chi connectivity index (χ2n) is 5.21. The first-order valence-electron chi connectivity index (χ1n) is 6.67. The molecule has 0 aliphatic carbocycles. The number of aliphatic carboxylic acids is 1. The SMILES string of the molecule is Cc1sc(NC(=O)CN2CCC(C(=O)O)C2)c(C#N)c1C. The molecule has 0 aromatic carbocycles. The Morgan fingerprint density at radius 1 is 1.52 bits per heavy atom. The summed E-state index contributed by atoms with van der Waals surface area (Å²) in [4.78, 5) is 25.8. The van der Waals surface area contributed by atoms with Crippen LogP contribution in [-0.2, 0) is 9.59 Å². The van der Waals surface area contributed by atoms with Gasteiger partial charge < -0.3 is 10.4 Å². The number of likely N-dealkylation sites (tertiary alicyclic amines) is 1. The molecule has 1 atom stereocenters. The van der Waals surface area contributed by atoms with Gasteiger partial charge in [-0.25, -0.2) is 0 Å². The number of amides is 1. The summed E-state index contributed by atoms with van der Waals surface area (Å²) in [5, 5.41) is 21.4. The summed E-state index contributed by atoms with van der Waals surface area (Å²) in [7, 11) is 0. The fraction of sp³-hybridized carbons (Fsp3) is 0.500. The van der Waals surface area contributed by atoms with E-state index in [0.29, 0.717) is 30.1 Å². The van der Waals surface area contributed by atoms with E-state index < -0.39 is 11.9 Å². The number of rotatable bonds is 4. The lowest BCUT2D eigenvalue weighted by atomic mass is 10.1. The van der Waals surface area contributed by atoms with Crippen LogP contribution in [0.2, 0.25) is 0 Å². The summed E-state index contributed by atoms with van der Waals surface area (Å²) in [5.41, 5.74) is 1.40. The minimum Gasteiger partial charge on any atom is -0.481 e. The highest BCUT2D eigenvalue weighted by Gasteiger charge is 2.29. The average molecular weight is 307 g/mol. The summed E-state index contributed by atoms with van der Waals surface area (Å²) in [6, 6.07) is 2.11. The molecule has 6 nitrogen and oxygen atoms in total. The Labute approximate surface area is 127 Å². The van der Waals surface area contributed by atoms with Crippen LogP contribution in [0.25, 0.3) is 0 Å². The molecular formula is C14H17N3O3S. The molecule has 0 spiro atoms. The molecule has 1 aromatic heterocycles. The van der Waals surface area contributed by atoms with Gasteiger partial charge in [0.2, 0.25) is 5.91 Å². The Kier molecular flexibility index (Phi) is 4.60. The van der Waals surface area contributed by atoms with Crippen molar-refractivity contribution in [2.45, 2.75) is 20.3 Å². The van der Waals surface area contributed by atoms with Crippen LogP contribution in [0.1, 0.15) is 22.4 Å². The fourth-order valence-corrected chi connectivity index (χ4v) is 3.42. The molecule has 1 aliphatic rings. The van der Waals surface area contributed by atoms with Gasteiger partial charge in [0.25, 0.3) is 0 Å². The maximum atomic E-state index is 12.0. The standard InChI is InChI=1S/C14H17N3O3S/c1-8-9(2)21-13(11(8)5-15)16-12(18)7-17-4-3-10(6-17)14(19)20/h10H,3-4,6-7H2,1-2H3,(H,16,18)(H,19,20). The van der Waals surface area contributed by atoms with Gasteiger partial charge in [0.1, 0.15) is 11.1 Å². The first kappa shape index (κ1) is 15.5. The third kappa shape index (κ3) is 3.40. The Balaban J connectivity index is 1.96. The van der Waals surface area contributed by atoms with E-state index in [0.717, 1.165) is 10.4 Å². The maximum absolute atomic E-state index is 12.0. The Morgan fingerprint density at radius 3 is 2.81 bits per heavy atom. The summed E-state index contributed by atoms with van der Waals surface area (Å²) in [6.45, 7) is 4.94. The minimum absolute atomic E-state index is 0.157. The molecule has 7 heteroatoms. The van der Waals surface area contributed by atoms with Gasteiger partial charge in [0.15, 0.2) is 0 Å². The van der Waals surface area contributed by atoms with E-state index in [1.54, 1.807) is 0 Å². The van der Waals surface area contributed by atoms with Gasteiger partial charge in [-0.05, 0) is 32.4 Å². The number of carboxylic acids is 1. The first-order valence-corrected chi connectivity index (χ1v) is 7.49. The predicted molar refractivity (Wildman–Crippen MR) is 79.3 cm³/mol. The fourth-order valence-electron chi connectivity index (χ4n) is 2.40. The van der Waals surface area contributed by atoms with E-state index in [2.05, 4.69) is 11.4 Å². The lowest BCUT2D eigenvalue weighted by Crippen LogP contribution is -2.32. The second-order valence-corrected chi connectivity index (χ2v) is 6.43. The number of anilines is 1. The van der Waals surface area contributed by atoms with Gasteiger partial charge in [0, 0.05) is 11.4 Å². The van der Waals surface area contributed by atoms with Crippen LogP contribution in [0.15, 0.2) is 0 Å². The molecular weight excluding hydrogens is 290 g/mol. The lowest BCUT2D eigenvalue weighted by molar-refractivity contribution is -0.141. The number of aryl methyl sites for hydroxylation is 1. The average Bonchev–Trinajstić information content (AvgIpc) is 2.96. The number of carboxylic acid groups (broad SMARTS) is 1. The van der Waals surface area contributed by atoms with Crippen molar-refractivity contribution >= 4 is 28.2 Å². The van der Waals surface area contributed by atoms with Crippen molar-refractivity contribution in [3.8, 4) is 6.07 Å². The molecule has 0 bridgehead atoms. The van der Waals surface area contributed by atoms with Gasteiger partial charge in [-0.1, -0.05) is 0 Å². The molecule has 1 saturated heterocycles. The number of carbonyl (C=O) groups excluding carboxylic acids is 1. The van der Waals surface area contributed by atoms with Crippen LogP contribution in [0, 0.1) is 31.1 Å². The van der Waals surface area contributed by atoms with E-state index in [9.17, 15) is 9.59 Å². The molecule has 1 amide bonds. The zero-order valence-electron chi connectivity index (χ0n) is 12.0. The number of nitrogens with zero attached hydrogens (tertiary/aromatic N) is 2. The minimum atomic E-state index is -0.811. The Morgan fingerprint density at radius 2 is 2.24 bits per heavy atom. The van der Waals surface area contributed by atoms with Crippen LogP contribution >= 0.6 is 11.3 Å². The van der Waals surface area contributed by atoms with E-state index in [-0.39, 0.29) is 12.5 Å². The first-order chi connectivity index (χ1) is 9.92. The van der Waals surface area contributed by atoms with Crippen molar-refractivity contribution in [3.63, 3.8) is 0 Å². The number of nitriles is 1. The highest BCUT2D eigenvalue weighted by atomic mass is 32.1. The number of carbonyl (C=O) groups is 2. The van der Waals surface area contributed by atoms with Crippen molar-refractivity contribution in [2.75, 3.05) is 25.0 Å². The normalized spacial score (nSPS) is 18.4. The molecule has 2 heterocycles. The zero-order valence-corrected chi connectivity index (χ0v) is 12.8. The number of nitrogens with one attached hydrogen (secondary N) is 1. The van der Waals surface area contributed by atoms with E-state index in [1.807, 2.05) is 18.7 Å². The lowest BCUT2D eigenvalue weighted by Gasteiger charge is -2.14. The van der Waals surface area contributed by atoms with Crippen molar-refractivity contribution in [3.05, 3.63) is 16.0 Å². The number of thiophene rings is 1. The monoisotopic (exact) mass is 307 g/mol. The molecule has 1 unspecified atom stereocenters. The van der Waals surface area contributed by atoms with E-state index >= 15 is 0 Å². The van der Waals surface area contributed by atoms with Crippen molar-refractivity contribution < 1.29 is 14.7 Å². The van der Waals surface area contributed by atoms with Crippen molar-refractivity contribution in [2.24, 2.45) is 5.92 Å². The molecule has 0 radical (unpaired) electrons. The maximum Gasteiger partial charge on any atom is 0.307 e. The predicted octanol–water partition coefficient (Wildman–Crippen LogP) is 1.58. The van der Waals surface area contributed by atoms with Crippen LogP contribution in [0.3, 0.4) is 0 Å². The topological polar surface area (TPSA) is 93.4 Å². The van der Waals surface area contributed by atoms with Crippen LogP contribution in [-0.4, -0.2) is 41.5 Å². The van der Waals surface area contributed by atoms with Gasteiger partial charge in [-0.3, -0.25) is 14.5 Å². The summed E-state index contributed by atoms with van der Waals surface area (Å²) in [5.74, 6) is -1.41. The molecule has 1 aromatic rings. The second kappa shape index (κ2) is 6.24. The van der Waals surface area contributed by atoms with Gasteiger partial charge >= 0.3 is 5.97 Å². The Bertz CT molecular complexity index is 618. The van der Waals surface area contributed by atoms with E-state index in [1.165, 1.54) is 11.3 Å². The number of hydrogen-bond donors (Lipinski definition) is 2. The van der Waals surface area contributed by atoms with Crippen LogP contribution in [0.5, 0.6) is 0 Å². The molecule has 2 N–H and O–H groups in total. The largest absolute Gasteiger partial charge is 0.481 e. The smallest absolute Gasteiger partial charge is 0.307 e. The summed E-state index contributed by atoms with van der Waals surface area (Å²) in [6.07, 6.45) is 0.573. The molecule has 21 heavy (non-hydrogen) atoms. The van der Waals surface area contributed by atoms with Crippen LogP contribution < -0.4 is 5.32 Å². The van der Waals surface area contributed by atoms with Gasteiger partial charge in [-0.2, -0.15) is 5.26 Å². The molecule has 0 saturated carbocycles. The molecule has 1 fully saturated rings. The quantitative estimate of drug-likeness (QED) is 0.881. The molecule has 2 rings (SSSR count). The van der Waals surface area contributed by atoms with Crippen LogP contribution in [0.4, 0.5) is 5.00 Å². The highest BCUT2D eigenvalue weighted by molar-refractivity contribution is 7.16. The summed E-state index contributed by atoms with van der Waals surface area (Å²) >= 11 is 1.39. The Hall–Kier alpha value is -1.91. The van der Waals surface area contributed by atoms with Crippen molar-refractivity contribution in [1.29, 1.82) is 5.26 Å².